The van der Waals surface area contributed by atoms with Crippen LogP contribution in [-0.2, 0) is 4.79 Å². The van der Waals surface area contributed by atoms with E-state index in [1.165, 1.54) is 13.0 Å². The van der Waals surface area contributed by atoms with Gasteiger partial charge in [0.2, 0.25) is 0 Å². The second-order valence-corrected chi connectivity index (χ2v) is 5.86. The van der Waals surface area contributed by atoms with Crippen LogP contribution in [0.4, 0.5) is 0 Å². The van der Waals surface area contributed by atoms with Gasteiger partial charge in [-0.1, -0.05) is 19.9 Å². The van der Waals surface area contributed by atoms with E-state index < -0.39 is 11.7 Å². The maximum atomic E-state index is 11.0. The SMILES string of the molecule is CC(=O)/C=C/C1C(C)(C)CC(O)CC1(C)O. The van der Waals surface area contributed by atoms with E-state index in [9.17, 15) is 15.0 Å². The minimum atomic E-state index is -0.951. The molecule has 0 aromatic rings. The Morgan fingerprint density at radius 3 is 2.31 bits per heavy atom. The number of hydrogen-bond donors (Lipinski definition) is 2. The van der Waals surface area contributed by atoms with Crippen LogP contribution >= 0.6 is 0 Å². The van der Waals surface area contributed by atoms with Gasteiger partial charge in [-0.25, -0.2) is 0 Å². The number of carbonyl (C=O) groups excluding carboxylic acids is 1. The zero-order valence-corrected chi connectivity index (χ0v) is 10.5. The summed E-state index contributed by atoms with van der Waals surface area (Å²) in [4.78, 5) is 11.0. The Morgan fingerprint density at radius 1 is 1.31 bits per heavy atom. The lowest BCUT2D eigenvalue weighted by Crippen LogP contribution is -2.50. The molecule has 0 aromatic heterocycles. The first-order valence-electron chi connectivity index (χ1n) is 5.74. The highest BCUT2D eigenvalue weighted by molar-refractivity contribution is 5.87. The van der Waals surface area contributed by atoms with Gasteiger partial charge in [-0.3, -0.25) is 4.79 Å². The lowest BCUT2D eigenvalue weighted by Gasteiger charge is -2.48. The van der Waals surface area contributed by atoms with Gasteiger partial charge >= 0.3 is 0 Å². The van der Waals surface area contributed by atoms with Crippen LogP contribution in [0, 0.1) is 11.3 Å². The van der Waals surface area contributed by atoms with Gasteiger partial charge in [0.05, 0.1) is 11.7 Å². The van der Waals surface area contributed by atoms with E-state index >= 15 is 0 Å². The molecule has 0 aromatic carbocycles. The number of hydrogen-bond acceptors (Lipinski definition) is 3. The predicted molar refractivity (Wildman–Crippen MR) is 63.0 cm³/mol. The van der Waals surface area contributed by atoms with E-state index in [4.69, 9.17) is 0 Å². The molecule has 1 saturated carbocycles. The molecule has 1 aliphatic rings. The molecule has 16 heavy (non-hydrogen) atoms. The fraction of sp³-hybridized carbons (Fsp3) is 0.769. The van der Waals surface area contributed by atoms with Crippen LogP contribution < -0.4 is 0 Å². The fourth-order valence-corrected chi connectivity index (χ4v) is 2.95. The van der Waals surface area contributed by atoms with Gasteiger partial charge in [0.1, 0.15) is 0 Å². The number of carbonyl (C=O) groups is 1. The minimum Gasteiger partial charge on any atom is -0.393 e. The van der Waals surface area contributed by atoms with Gasteiger partial charge in [-0.2, -0.15) is 0 Å². The van der Waals surface area contributed by atoms with E-state index in [0.29, 0.717) is 12.8 Å². The van der Waals surface area contributed by atoms with E-state index in [-0.39, 0.29) is 17.1 Å². The highest BCUT2D eigenvalue weighted by atomic mass is 16.3. The summed E-state index contributed by atoms with van der Waals surface area (Å²) in [5.74, 6) is -0.120. The Hall–Kier alpha value is -0.670. The molecule has 1 rings (SSSR count). The molecule has 3 unspecified atom stereocenters. The lowest BCUT2D eigenvalue weighted by molar-refractivity contribution is -0.114. The zero-order chi connectivity index (χ0) is 12.6. The Morgan fingerprint density at radius 2 is 1.88 bits per heavy atom. The molecule has 0 aliphatic heterocycles. The van der Waals surface area contributed by atoms with Gasteiger partial charge in [0, 0.05) is 12.3 Å². The Balaban J connectivity index is 2.97. The molecule has 0 radical (unpaired) electrons. The van der Waals surface area contributed by atoms with Crippen LogP contribution in [0.5, 0.6) is 0 Å². The quantitative estimate of drug-likeness (QED) is 0.704. The number of aliphatic hydroxyl groups excluding tert-OH is 1. The Bertz CT molecular complexity index is 284. The molecule has 0 bridgehead atoms. The van der Waals surface area contributed by atoms with Crippen molar-refractivity contribution in [1.82, 2.24) is 0 Å². The monoisotopic (exact) mass is 226 g/mol. The third-order valence-electron chi connectivity index (χ3n) is 3.45. The van der Waals surface area contributed by atoms with Crippen LogP contribution in [0.1, 0.15) is 40.5 Å². The minimum absolute atomic E-state index is 0.0160. The smallest absolute Gasteiger partial charge is 0.152 e. The first kappa shape index (κ1) is 13.4. The molecule has 0 amide bonds. The van der Waals surface area contributed by atoms with Crippen LogP contribution in [-0.4, -0.2) is 27.7 Å². The molecule has 3 heteroatoms. The second kappa shape index (κ2) is 4.30. The highest BCUT2D eigenvalue weighted by Gasteiger charge is 2.47. The summed E-state index contributed by atoms with van der Waals surface area (Å²) >= 11 is 0. The van der Waals surface area contributed by atoms with Crippen molar-refractivity contribution < 1.29 is 15.0 Å². The van der Waals surface area contributed by atoms with Crippen molar-refractivity contribution in [2.45, 2.75) is 52.2 Å². The van der Waals surface area contributed by atoms with Crippen molar-refractivity contribution in [3.8, 4) is 0 Å². The number of ketones is 1. The van der Waals surface area contributed by atoms with Crippen LogP contribution in [0.2, 0.25) is 0 Å². The molecule has 3 nitrogen and oxygen atoms in total. The molecule has 1 aliphatic carbocycles. The van der Waals surface area contributed by atoms with Crippen molar-refractivity contribution >= 4 is 5.78 Å². The summed E-state index contributed by atoms with van der Waals surface area (Å²) in [5.41, 5.74) is -1.15. The summed E-state index contributed by atoms with van der Waals surface area (Å²) in [7, 11) is 0. The van der Waals surface area contributed by atoms with Crippen LogP contribution in [0.3, 0.4) is 0 Å². The second-order valence-electron chi connectivity index (χ2n) is 5.86. The summed E-state index contributed by atoms with van der Waals surface area (Å²) in [6.07, 6.45) is 3.85. The third-order valence-corrected chi connectivity index (χ3v) is 3.45. The zero-order valence-electron chi connectivity index (χ0n) is 10.5. The van der Waals surface area contributed by atoms with Gasteiger partial charge in [-0.15, -0.1) is 0 Å². The largest absolute Gasteiger partial charge is 0.393 e. The standard InChI is InChI=1S/C13H22O3/c1-9(14)5-6-11-12(2,3)7-10(15)8-13(11,4)16/h5-6,10-11,15-16H,7-8H2,1-4H3/b6-5+. The maximum Gasteiger partial charge on any atom is 0.152 e. The molecular formula is C13H22O3. The maximum absolute atomic E-state index is 11.0. The van der Waals surface area contributed by atoms with Crippen LogP contribution in [0.15, 0.2) is 12.2 Å². The average molecular weight is 226 g/mol. The molecular weight excluding hydrogens is 204 g/mol. The lowest BCUT2D eigenvalue weighted by atomic mass is 9.61. The molecule has 0 heterocycles. The van der Waals surface area contributed by atoms with Crippen molar-refractivity contribution in [3.63, 3.8) is 0 Å². The predicted octanol–water partition coefficient (Wildman–Crippen LogP) is 1.68. The number of allylic oxidation sites excluding steroid dienone is 1. The van der Waals surface area contributed by atoms with Crippen molar-refractivity contribution in [2.75, 3.05) is 0 Å². The Labute approximate surface area is 97.2 Å². The summed E-state index contributed by atoms with van der Waals surface area (Å²) < 4.78 is 0. The molecule has 1 fully saturated rings. The van der Waals surface area contributed by atoms with Crippen LogP contribution in [0.25, 0.3) is 0 Å². The molecule has 0 spiro atoms. The third kappa shape index (κ3) is 2.92. The first-order valence-corrected chi connectivity index (χ1v) is 5.74. The molecule has 3 atom stereocenters. The summed E-state index contributed by atoms with van der Waals surface area (Å²) in [6.45, 7) is 7.25. The van der Waals surface area contributed by atoms with Crippen molar-refractivity contribution in [1.29, 1.82) is 0 Å². The van der Waals surface area contributed by atoms with E-state index in [1.807, 2.05) is 13.8 Å². The molecule has 2 N–H and O–H groups in total. The molecule has 92 valence electrons. The number of aliphatic hydroxyl groups is 2. The topological polar surface area (TPSA) is 57.5 Å². The van der Waals surface area contributed by atoms with E-state index in [0.717, 1.165) is 0 Å². The van der Waals surface area contributed by atoms with Gasteiger partial charge in [0.25, 0.3) is 0 Å². The van der Waals surface area contributed by atoms with Gasteiger partial charge in [0.15, 0.2) is 5.78 Å². The Kier molecular flexibility index (Phi) is 3.60. The van der Waals surface area contributed by atoms with E-state index in [1.54, 1.807) is 13.0 Å². The van der Waals surface area contributed by atoms with Gasteiger partial charge < -0.3 is 10.2 Å². The van der Waals surface area contributed by atoms with Gasteiger partial charge in [-0.05, 0) is 31.8 Å². The van der Waals surface area contributed by atoms with E-state index in [2.05, 4.69) is 0 Å². The average Bonchev–Trinajstić information content (AvgIpc) is 1.96. The first-order chi connectivity index (χ1) is 7.15. The highest BCUT2D eigenvalue weighted by Crippen LogP contribution is 2.46. The normalized spacial score (nSPS) is 38.9. The fourth-order valence-electron chi connectivity index (χ4n) is 2.95. The number of rotatable bonds is 2. The van der Waals surface area contributed by atoms with Crippen molar-refractivity contribution in [2.24, 2.45) is 11.3 Å². The molecule has 0 saturated heterocycles. The van der Waals surface area contributed by atoms with Crippen molar-refractivity contribution in [3.05, 3.63) is 12.2 Å². The summed E-state index contributed by atoms with van der Waals surface area (Å²) in [6, 6.07) is 0. The summed E-state index contributed by atoms with van der Waals surface area (Å²) in [5, 5.41) is 20.1.